The molecular weight excluding hydrogens is 428 g/mol. The molecule has 0 aliphatic heterocycles. The zero-order chi connectivity index (χ0) is 20.2. The topological polar surface area (TPSA) is 102 Å². The van der Waals surface area contributed by atoms with Crippen molar-refractivity contribution in [1.82, 2.24) is 20.9 Å². The number of pyridine rings is 1. The molecule has 0 unspecified atom stereocenters. The molecule has 1 aromatic heterocycles. The second-order valence-corrected chi connectivity index (χ2v) is 6.64. The van der Waals surface area contributed by atoms with Gasteiger partial charge in [-0.25, -0.2) is 9.78 Å². The van der Waals surface area contributed by atoms with Gasteiger partial charge >= 0.3 is 6.03 Å². The second kappa shape index (κ2) is 11.9. The summed E-state index contributed by atoms with van der Waals surface area (Å²) in [6, 6.07) is 10.3. The fraction of sp³-hybridized carbons (Fsp3) is 0.316. The van der Waals surface area contributed by atoms with Crippen molar-refractivity contribution in [3.63, 3.8) is 0 Å². The van der Waals surface area contributed by atoms with E-state index in [1.54, 1.807) is 37.6 Å². The van der Waals surface area contributed by atoms with Gasteiger partial charge in [0.25, 0.3) is 5.91 Å². The minimum absolute atomic E-state index is 0.192. The highest BCUT2D eigenvalue weighted by Crippen LogP contribution is 2.11. The van der Waals surface area contributed by atoms with Crippen LogP contribution in [0.2, 0.25) is 0 Å². The van der Waals surface area contributed by atoms with E-state index in [4.69, 9.17) is 9.47 Å². The fourth-order valence-electron chi connectivity index (χ4n) is 2.16. The molecule has 0 radical (unpaired) electrons. The normalized spacial score (nSPS) is 10.2. The van der Waals surface area contributed by atoms with Crippen molar-refractivity contribution in [3.05, 3.63) is 58.2 Å². The minimum atomic E-state index is -0.322. The first-order valence-corrected chi connectivity index (χ1v) is 9.50. The molecule has 1 aromatic carbocycles. The zero-order valence-electron chi connectivity index (χ0n) is 15.5. The Kier molecular flexibility index (Phi) is 9.23. The highest BCUT2D eigenvalue weighted by Gasteiger charge is 2.06. The summed E-state index contributed by atoms with van der Waals surface area (Å²) in [6.45, 7) is 1.90. The van der Waals surface area contributed by atoms with Gasteiger partial charge in [-0.2, -0.15) is 0 Å². The summed E-state index contributed by atoms with van der Waals surface area (Å²) in [5, 5.41) is 8.16. The molecule has 150 valence electrons. The lowest BCUT2D eigenvalue weighted by atomic mass is 10.2. The van der Waals surface area contributed by atoms with Gasteiger partial charge in [0.2, 0.25) is 5.88 Å². The van der Waals surface area contributed by atoms with Crippen molar-refractivity contribution in [1.29, 1.82) is 0 Å². The molecule has 0 fully saturated rings. The Balaban J connectivity index is 1.61. The number of halogens is 1. The number of amides is 3. The number of urea groups is 1. The summed E-state index contributed by atoms with van der Waals surface area (Å²) >= 11 is 3.32. The van der Waals surface area contributed by atoms with Gasteiger partial charge in [-0.05, 0) is 23.8 Å². The number of carbonyl (C=O) groups is 2. The lowest BCUT2D eigenvalue weighted by Gasteiger charge is -2.09. The maximum Gasteiger partial charge on any atom is 0.315 e. The van der Waals surface area contributed by atoms with Crippen LogP contribution in [0.25, 0.3) is 0 Å². The standard InChI is InChI=1S/C19H23BrN4O4/c1-27-9-10-28-17-6-5-14(12-23-17)13-24-19(26)22-8-7-21-18(25)15-3-2-4-16(20)11-15/h2-6,11-12H,7-10,13H2,1H3,(H,21,25)(H2,22,24,26). The Labute approximate surface area is 172 Å². The Morgan fingerprint density at radius 1 is 1.07 bits per heavy atom. The summed E-state index contributed by atoms with van der Waals surface area (Å²) in [7, 11) is 1.60. The van der Waals surface area contributed by atoms with Crippen LogP contribution in [0, 0.1) is 0 Å². The first-order chi connectivity index (χ1) is 13.6. The van der Waals surface area contributed by atoms with Gasteiger partial charge in [-0.1, -0.05) is 28.1 Å². The van der Waals surface area contributed by atoms with Crippen LogP contribution in [-0.4, -0.2) is 50.3 Å². The van der Waals surface area contributed by atoms with Crippen LogP contribution in [-0.2, 0) is 11.3 Å². The highest BCUT2D eigenvalue weighted by atomic mass is 79.9. The lowest BCUT2D eigenvalue weighted by molar-refractivity contribution is 0.0953. The van der Waals surface area contributed by atoms with Crippen molar-refractivity contribution in [2.75, 3.05) is 33.4 Å². The van der Waals surface area contributed by atoms with Crippen LogP contribution in [0.4, 0.5) is 4.79 Å². The molecular formula is C19H23BrN4O4. The van der Waals surface area contributed by atoms with E-state index < -0.39 is 0 Å². The van der Waals surface area contributed by atoms with Gasteiger partial charge in [0.05, 0.1) is 6.61 Å². The van der Waals surface area contributed by atoms with Gasteiger partial charge in [0.1, 0.15) is 6.61 Å². The minimum Gasteiger partial charge on any atom is -0.475 e. The average Bonchev–Trinajstić information content (AvgIpc) is 2.70. The molecule has 9 heteroatoms. The third-order valence-corrected chi connectivity index (χ3v) is 4.06. The number of hydrogen-bond donors (Lipinski definition) is 3. The van der Waals surface area contributed by atoms with E-state index in [0.717, 1.165) is 10.0 Å². The number of methoxy groups -OCH3 is 1. The molecule has 0 atom stereocenters. The molecule has 0 saturated carbocycles. The predicted octanol–water partition coefficient (Wildman–Crippen LogP) is 2.10. The number of hydrogen-bond acceptors (Lipinski definition) is 5. The van der Waals surface area contributed by atoms with Crippen LogP contribution in [0.1, 0.15) is 15.9 Å². The number of nitrogens with one attached hydrogen (secondary N) is 3. The largest absolute Gasteiger partial charge is 0.475 e. The number of rotatable bonds is 10. The number of aromatic nitrogens is 1. The molecule has 3 amide bonds. The van der Waals surface area contributed by atoms with Gasteiger partial charge in [0.15, 0.2) is 0 Å². The Morgan fingerprint density at radius 3 is 2.61 bits per heavy atom. The molecule has 3 N–H and O–H groups in total. The summed E-state index contributed by atoms with van der Waals surface area (Å²) in [6.07, 6.45) is 1.64. The first kappa shape index (κ1) is 21.6. The lowest BCUT2D eigenvalue weighted by Crippen LogP contribution is -2.40. The van der Waals surface area contributed by atoms with E-state index in [1.165, 1.54) is 0 Å². The third-order valence-electron chi connectivity index (χ3n) is 3.57. The Morgan fingerprint density at radius 2 is 1.89 bits per heavy atom. The molecule has 2 rings (SSSR count). The number of ether oxygens (including phenoxy) is 2. The molecule has 8 nitrogen and oxygen atoms in total. The number of nitrogens with zero attached hydrogens (tertiary/aromatic N) is 1. The van der Waals surface area contributed by atoms with Crippen molar-refractivity contribution in [2.45, 2.75) is 6.54 Å². The van der Waals surface area contributed by atoms with Crippen LogP contribution >= 0.6 is 15.9 Å². The molecule has 0 saturated heterocycles. The van der Waals surface area contributed by atoms with Crippen molar-refractivity contribution in [3.8, 4) is 5.88 Å². The maximum absolute atomic E-state index is 12.0. The SMILES string of the molecule is COCCOc1ccc(CNC(=O)NCCNC(=O)c2cccc(Br)c2)cn1. The van der Waals surface area contributed by atoms with E-state index in [-0.39, 0.29) is 11.9 Å². The smallest absolute Gasteiger partial charge is 0.315 e. The second-order valence-electron chi connectivity index (χ2n) is 5.72. The predicted molar refractivity (Wildman–Crippen MR) is 108 cm³/mol. The van der Waals surface area contributed by atoms with Crippen LogP contribution in [0.3, 0.4) is 0 Å². The summed E-state index contributed by atoms with van der Waals surface area (Å²) in [5.74, 6) is 0.314. The van der Waals surface area contributed by atoms with Crippen molar-refractivity contribution in [2.24, 2.45) is 0 Å². The van der Waals surface area contributed by atoms with Gasteiger partial charge < -0.3 is 25.4 Å². The molecule has 0 spiro atoms. The zero-order valence-corrected chi connectivity index (χ0v) is 17.1. The fourth-order valence-corrected chi connectivity index (χ4v) is 2.56. The molecule has 28 heavy (non-hydrogen) atoms. The van der Waals surface area contributed by atoms with E-state index in [1.807, 2.05) is 12.1 Å². The van der Waals surface area contributed by atoms with Gasteiger partial charge in [-0.15, -0.1) is 0 Å². The van der Waals surface area contributed by atoms with E-state index >= 15 is 0 Å². The van der Waals surface area contributed by atoms with Crippen LogP contribution < -0.4 is 20.7 Å². The van der Waals surface area contributed by atoms with Crippen LogP contribution in [0.5, 0.6) is 5.88 Å². The molecule has 0 aliphatic carbocycles. The third kappa shape index (κ3) is 7.93. The summed E-state index contributed by atoms with van der Waals surface area (Å²) in [4.78, 5) is 28.0. The Hall–Kier alpha value is -2.65. The van der Waals surface area contributed by atoms with Crippen molar-refractivity contribution < 1.29 is 19.1 Å². The van der Waals surface area contributed by atoms with E-state index in [9.17, 15) is 9.59 Å². The van der Waals surface area contributed by atoms with Gasteiger partial charge in [-0.3, -0.25) is 4.79 Å². The van der Waals surface area contributed by atoms with Crippen LogP contribution in [0.15, 0.2) is 47.1 Å². The first-order valence-electron chi connectivity index (χ1n) is 8.70. The monoisotopic (exact) mass is 450 g/mol. The summed E-state index contributed by atoms with van der Waals surface area (Å²) in [5.41, 5.74) is 1.40. The maximum atomic E-state index is 12.0. The average molecular weight is 451 g/mol. The molecule has 0 aliphatic rings. The highest BCUT2D eigenvalue weighted by molar-refractivity contribution is 9.10. The molecule has 2 aromatic rings. The van der Waals surface area contributed by atoms with Gasteiger partial charge in [0, 0.05) is 49.0 Å². The molecule has 1 heterocycles. The number of carbonyl (C=O) groups excluding carboxylic acids is 2. The van der Waals surface area contributed by atoms with Crippen molar-refractivity contribution >= 4 is 27.9 Å². The molecule has 0 bridgehead atoms. The number of benzene rings is 1. The van der Waals surface area contributed by atoms with E-state index in [0.29, 0.717) is 44.3 Å². The Bertz CT molecular complexity index is 771. The summed E-state index contributed by atoms with van der Waals surface area (Å²) < 4.78 is 11.1. The quantitative estimate of drug-likeness (QED) is 0.481. The van der Waals surface area contributed by atoms with E-state index in [2.05, 4.69) is 36.9 Å².